The normalized spacial score (nSPS) is 14.5. The lowest BCUT2D eigenvalue weighted by Gasteiger charge is -2.18. The third-order valence-corrected chi connectivity index (χ3v) is 2.40. The molecule has 1 aromatic carbocycles. The van der Waals surface area contributed by atoms with Crippen molar-refractivity contribution in [2.24, 2.45) is 5.73 Å². The Labute approximate surface area is 96.0 Å². The molecule has 0 saturated heterocycles. The van der Waals surface area contributed by atoms with Gasteiger partial charge in [-0.3, -0.25) is 0 Å². The summed E-state index contributed by atoms with van der Waals surface area (Å²) in [6.07, 6.45) is -0.171. The Kier molecular flexibility index (Phi) is 5.25. The fraction of sp³-hybridized carbons (Fsp3) is 0.500. The van der Waals surface area contributed by atoms with Gasteiger partial charge in [0.1, 0.15) is 5.75 Å². The van der Waals surface area contributed by atoms with Crippen molar-refractivity contribution >= 4 is 0 Å². The molecule has 0 aliphatic heterocycles. The van der Waals surface area contributed by atoms with Gasteiger partial charge in [0.25, 0.3) is 0 Å². The number of para-hydroxylation sites is 1. The maximum absolute atomic E-state index is 10.0. The Morgan fingerprint density at radius 3 is 2.62 bits per heavy atom. The van der Waals surface area contributed by atoms with E-state index in [-0.39, 0.29) is 6.04 Å². The van der Waals surface area contributed by atoms with Crippen LogP contribution in [0.15, 0.2) is 24.3 Å². The molecule has 4 heteroatoms. The zero-order valence-corrected chi connectivity index (χ0v) is 9.72. The van der Waals surface area contributed by atoms with Gasteiger partial charge in [-0.2, -0.15) is 0 Å². The number of rotatable bonds is 6. The number of aliphatic hydroxyl groups is 1. The first-order valence-corrected chi connectivity index (χ1v) is 5.24. The summed E-state index contributed by atoms with van der Waals surface area (Å²) in [7, 11) is 3.18. The monoisotopic (exact) mass is 225 g/mol. The van der Waals surface area contributed by atoms with Crippen LogP contribution in [0.5, 0.6) is 5.75 Å². The van der Waals surface area contributed by atoms with Crippen molar-refractivity contribution in [3.8, 4) is 5.75 Å². The summed E-state index contributed by atoms with van der Waals surface area (Å²) in [6, 6.07) is 7.21. The lowest BCUT2D eigenvalue weighted by molar-refractivity contribution is 0.120. The quantitative estimate of drug-likeness (QED) is 0.760. The Bertz CT molecular complexity index is 317. The van der Waals surface area contributed by atoms with Gasteiger partial charge in [-0.25, -0.2) is 0 Å². The molecule has 1 rings (SSSR count). The summed E-state index contributed by atoms with van der Waals surface area (Å²) in [5, 5.41) is 10.0. The van der Waals surface area contributed by atoms with E-state index in [4.69, 9.17) is 15.2 Å². The van der Waals surface area contributed by atoms with Crippen LogP contribution >= 0.6 is 0 Å². The van der Waals surface area contributed by atoms with E-state index in [0.29, 0.717) is 18.8 Å². The summed E-state index contributed by atoms with van der Waals surface area (Å²) in [5.74, 6) is 0.680. The molecule has 0 radical (unpaired) electrons. The molecule has 0 bridgehead atoms. The fourth-order valence-corrected chi connectivity index (χ4v) is 1.64. The van der Waals surface area contributed by atoms with Gasteiger partial charge in [-0.05, 0) is 12.5 Å². The molecule has 16 heavy (non-hydrogen) atoms. The van der Waals surface area contributed by atoms with Crippen LogP contribution in [0, 0.1) is 0 Å². The Morgan fingerprint density at radius 1 is 1.31 bits per heavy atom. The van der Waals surface area contributed by atoms with Crippen molar-refractivity contribution in [3.63, 3.8) is 0 Å². The van der Waals surface area contributed by atoms with Crippen molar-refractivity contribution in [2.45, 2.75) is 18.6 Å². The molecule has 0 fully saturated rings. The predicted molar refractivity (Wildman–Crippen MR) is 62.4 cm³/mol. The number of hydrogen-bond acceptors (Lipinski definition) is 4. The summed E-state index contributed by atoms with van der Waals surface area (Å²) in [6.45, 7) is 0.437. The number of methoxy groups -OCH3 is 2. The lowest BCUT2D eigenvalue weighted by Crippen LogP contribution is -2.27. The van der Waals surface area contributed by atoms with Crippen molar-refractivity contribution in [3.05, 3.63) is 29.8 Å². The third-order valence-electron chi connectivity index (χ3n) is 2.40. The largest absolute Gasteiger partial charge is 0.496 e. The highest BCUT2D eigenvalue weighted by atomic mass is 16.5. The second kappa shape index (κ2) is 6.48. The van der Waals surface area contributed by atoms with Gasteiger partial charge in [0.05, 0.1) is 19.8 Å². The molecule has 0 aliphatic rings. The number of ether oxygens (including phenoxy) is 2. The van der Waals surface area contributed by atoms with Crippen LogP contribution in [-0.2, 0) is 4.74 Å². The van der Waals surface area contributed by atoms with Gasteiger partial charge in [0, 0.05) is 18.7 Å². The zero-order valence-electron chi connectivity index (χ0n) is 9.72. The molecule has 1 aromatic rings. The van der Waals surface area contributed by atoms with Crippen LogP contribution in [0.4, 0.5) is 0 Å². The average molecular weight is 225 g/mol. The molecule has 0 spiro atoms. The summed E-state index contributed by atoms with van der Waals surface area (Å²) >= 11 is 0. The predicted octanol–water partition coefficient (Wildman–Crippen LogP) is 1.09. The summed E-state index contributed by atoms with van der Waals surface area (Å²) < 4.78 is 10.1. The van der Waals surface area contributed by atoms with E-state index < -0.39 is 6.10 Å². The van der Waals surface area contributed by atoms with E-state index in [2.05, 4.69) is 0 Å². The second-order valence-corrected chi connectivity index (χ2v) is 3.71. The van der Waals surface area contributed by atoms with Gasteiger partial charge in [0.2, 0.25) is 0 Å². The van der Waals surface area contributed by atoms with Crippen molar-refractivity contribution in [1.82, 2.24) is 0 Å². The molecular weight excluding hydrogens is 206 g/mol. The van der Waals surface area contributed by atoms with Crippen LogP contribution < -0.4 is 10.5 Å². The van der Waals surface area contributed by atoms with E-state index in [1.165, 1.54) is 0 Å². The van der Waals surface area contributed by atoms with Crippen LogP contribution in [0.3, 0.4) is 0 Å². The zero-order chi connectivity index (χ0) is 12.0. The van der Waals surface area contributed by atoms with Crippen molar-refractivity contribution in [2.75, 3.05) is 20.8 Å². The SMILES string of the molecule is COCC(N)CC(O)c1ccccc1OC. The van der Waals surface area contributed by atoms with E-state index in [1.54, 1.807) is 14.2 Å². The molecular formula is C12H19NO3. The third kappa shape index (κ3) is 3.48. The average Bonchev–Trinajstić information content (AvgIpc) is 2.29. The first-order chi connectivity index (χ1) is 7.69. The standard InChI is InChI=1S/C12H19NO3/c1-15-8-9(13)7-11(14)10-5-3-4-6-12(10)16-2/h3-6,9,11,14H,7-8,13H2,1-2H3. The first-order valence-electron chi connectivity index (χ1n) is 5.24. The van der Waals surface area contributed by atoms with Crippen molar-refractivity contribution < 1.29 is 14.6 Å². The van der Waals surface area contributed by atoms with Gasteiger partial charge >= 0.3 is 0 Å². The minimum atomic E-state index is -0.624. The highest BCUT2D eigenvalue weighted by Crippen LogP contribution is 2.27. The maximum Gasteiger partial charge on any atom is 0.124 e. The lowest BCUT2D eigenvalue weighted by atomic mass is 10.0. The summed E-state index contributed by atoms with van der Waals surface area (Å²) in [4.78, 5) is 0. The highest BCUT2D eigenvalue weighted by Gasteiger charge is 2.16. The van der Waals surface area contributed by atoms with Crippen LogP contribution in [0.1, 0.15) is 18.1 Å². The highest BCUT2D eigenvalue weighted by molar-refractivity contribution is 5.34. The molecule has 3 N–H and O–H groups in total. The van der Waals surface area contributed by atoms with Gasteiger partial charge in [0.15, 0.2) is 0 Å². The smallest absolute Gasteiger partial charge is 0.124 e. The van der Waals surface area contributed by atoms with Gasteiger partial charge in [-0.15, -0.1) is 0 Å². The molecule has 0 saturated carbocycles. The Hall–Kier alpha value is -1.10. The molecule has 0 aliphatic carbocycles. The van der Waals surface area contributed by atoms with E-state index in [1.807, 2.05) is 24.3 Å². The van der Waals surface area contributed by atoms with Crippen LogP contribution in [0.25, 0.3) is 0 Å². The first kappa shape index (κ1) is 13.0. The maximum atomic E-state index is 10.0. The number of aliphatic hydroxyl groups excluding tert-OH is 1. The van der Waals surface area contributed by atoms with Crippen LogP contribution in [-0.4, -0.2) is 32.0 Å². The minimum absolute atomic E-state index is 0.176. The van der Waals surface area contributed by atoms with Crippen molar-refractivity contribution in [1.29, 1.82) is 0 Å². The Morgan fingerprint density at radius 2 is 2.00 bits per heavy atom. The van der Waals surface area contributed by atoms with E-state index in [9.17, 15) is 5.11 Å². The van der Waals surface area contributed by atoms with Gasteiger partial charge in [-0.1, -0.05) is 18.2 Å². The number of benzene rings is 1. The second-order valence-electron chi connectivity index (χ2n) is 3.71. The molecule has 0 amide bonds. The molecule has 90 valence electrons. The summed E-state index contributed by atoms with van der Waals surface area (Å²) in [5.41, 5.74) is 6.55. The minimum Gasteiger partial charge on any atom is -0.496 e. The van der Waals surface area contributed by atoms with E-state index in [0.717, 1.165) is 5.56 Å². The molecule has 0 aromatic heterocycles. The molecule has 4 nitrogen and oxygen atoms in total. The van der Waals surface area contributed by atoms with E-state index >= 15 is 0 Å². The number of hydrogen-bond donors (Lipinski definition) is 2. The van der Waals surface area contributed by atoms with Gasteiger partial charge < -0.3 is 20.3 Å². The molecule has 2 atom stereocenters. The fourth-order valence-electron chi connectivity index (χ4n) is 1.64. The Balaban J connectivity index is 2.68. The molecule has 2 unspecified atom stereocenters. The molecule has 0 heterocycles. The topological polar surface area (TPSA) is 64.7 Å². The van der Waals surface area contributed by atoms with Crippen LogP contribution in [0.2, 0.25) is 0 Å². The number of nitrogens with two attached hydrogens (primary N) is 1.